The standard InChI is InChI=1S/C19H24N2O2S/c1-19(2,3)12-17(22)20-15-9-6-5-8-14(15)13-21(4)18(23)16-10-7-11-24-16/h5-11H,12-13H2,1-4H3,(H,20,22). The number of nitrogens with zero attached hydrogens (tertiary/aromatic N) is 1. The number of hydrogen-bond acceptors (Lipinski definition) is 3. The van der Waals surface area contributed by atoms with E-state index in [2.05, 4.69) is 5.32 Å². The maximum Gasteiger partial charge on any atom is 0.263 e. The SMILES string of the molecule is CN(Cc1ccccc1NC(=O)CC(C)(C)C)C(=O)c1cccs1. The molecule has 0 aliphatic heterocycles. The number of anilines is 1. The fraction of sp³-hybridized carbons (Fsp3) is 0.368. The summed E-state index contributed by atoms with van der Waals surface area (Å²) in [5.41, 5.74) is 1.62. The number of rotatable bonds is 5. The van der Waals surface area contributed by atoms with Crippen LogP contribution in [0.25, 0.3) is 0 Å². The predicted octanol–water partition coefficient (Wildman–Crippen LogP) is 4.40. The third kappa shape index (κ3) is 5.20. The lowest BCUT2D eigenvalue weighted by molar-refractivity contribution is -0.117. The Bertz CT molecular complexity index is 702. The van der Waals surface area contributed by atoms with Gasteiger partial charge in [-0.15, -0.1) is 11.3 Å². The molecule has 0 fully saturated rings. The Morgan fingerprint density at radius 3 is 2.46 bits per heavy atom. The third-order valence-corrected chi connectivity index (χ3v) is 4.33. The molecule has 5 heteroatoms. The van der Waals surface area contributed by atoms with Crippen molar-refractivity contribution in [3.8, 4) is 0 Å². The molecule has 0 bridgehead atoms. The molecule has 0 spiro atoms. The zero-order valence-corrected chi connectivity index (χ0v) is 15.4. The molecule has 1 N–H and O–H groups in total. The highest BCUT2D eigenvalue weighted by molar-refractivity contribution is 7.12. The summed E-state index contributed by atoms with van der Waals surface area (Å²) in [6.45, 7) is 6.55. The van der Waals surface area contributed by atoms with Gasteiger partial charge in [-0.05, 0) is 28.5 Å². The summed E-state index contributed by atoms with van der Waals surface area (Å²) < 4.78 is 0. The second-order valence-corrected chi connectivity index (χ2v) is 8.03. The Hall–Kier alpha value is -2.14. The van der Waals surface area contributed by atoms with Gasteiger partial charge in [0.15, 0.2) is 0 Å². The highest BCUT2D eigenvalue weighted by Crippen LogP contribution is 2.22. The number of hydrogen-bond donors (Lipinski definition) is 1. The minimum atomic E-state index is -0.0645. The van der Waals surface area contributed by atoms with Crippen LogP contribution in [0.5, 0.6) is 0 Å². The molecule has 0 aliphatic carbocycles. The molecule has 4 nitrogen and oxygen atoms in total. The van der Waals surface area contributed by atoms with E-state index < -0.39 is 0 Å². The summed E-state index contributed by atoms with van der Waals surface area (Å²) in [5, 5.41) is 4.86. The van der Waals surface area contributed by atoms with Crippen molar-refractivity contribution in [2.45, 2.75) is 33.7 Å². The van der Waals surface area contributed by atoms with Gasteiger partial charge in [-0.1, -0.05) is 45.0 Å². The van der Waals surface area contributed by atoms with Crippen LogP contribution in [0.1, 0.15) is 42.4 Å². The maximum absolute atomic E-state index is 12.4. The van der Waals surface area contributed by atoms with E-state index in [1.54, 1.807) is 11.9 Å². The molecule has 2 amide bonds. The molecule has 1 aromatic carbocycles. The Balaban J connectivity index is 2.08. The monoisotopic (exact) mass is 344 g/mol. The highest BCUT2D eigenvalue weighted by Gasteiger charge is 2.18. The highest BCUT2D eigenvalue weighted by atomic mass is 32.1. The Morgan fingerprint density at radius 2 is 1.83 bits per heavy atom. The lowest BCUT2D eigenvalue weighted by atomic mass is 9.92. The minimum Gasteiger partial charge on any atom is -0.337 e. The average molecular weight is 344 g/mol. The van der Waals surface area contributed by atoms with E-state index in [0.717, 1.165) is 11.3 Å². The average Bonchev–Trinajstić information content (AvgIpc) is 3.00. The second kappa shape index (κ2) is 7.62. The van der Waals surface area contributed by atoms with E-state index in [-0.39, 0.29) is 17.2 Å². The van der Waals surface area contributed by atoms with Crippen molar-refractivity contribution >= 4 is 28.8 Å². The first kappa shape index (κ1) is 18.2. The fourth-order valence-corrected chi connectivity index (χ4v) is 3.09. The van der Waals surface area contributed by atoms with Gasteiger partial charge in [0, 0.05) is 25.7 Å². The van der Waals surface area contributed by atoms with Crippen LogP contribution < -0.4 is 5.32 Å². The molecule has 0 atom stereocenters. The summed E-state index contributed by atoms with van der Waals surface area (Å²) in [6.07, 6.45) is 0.450. The topological polar surface area (TPSA) is 49.4 Å². The zero-order valence-electron chi connectivity index (χ0n) is 14.6. The molecule has 0 saturated heterocycles. The van der Waals surface area contributed by atoms with E-state index in [4.69, 9.17) is 0 Å². The van der Waals surface area contributed by atoms with Crippen LogP contribution >= 0.6 is 11.3 Å². The van der Waals surface area contributed by atoms with Gasteiger partial charge in [0.2, 0.25) is 5.91 Å². The predicted molar refractivity (Wildman–Crippen MR) is 99.3 cm³/mol. The van der Waals surface area contributed by atoms with Crippen LogP contribution in [0.4, 0.5) is 5.69 Å². The first-order valence-corrected chi connectivity index (χ1v) is 8.81. The Labute approximate surface area is 147 Å². The van der Waals surface area contributed by atoms with Crippen LogP contribution in [0.2, 0.25) is 0 Å². The molecular weight excluding hydrogens is 320 g/mol. The number of nitrogens with one attached hydrogen (secondary N) is 1. The molecule has 0 radical (unpaired) electrons. The first-order valence-electron chi connectivity index (χ1n) is 7.93. The van der Waals surface area contributed by atoms with Crippen LogP contribution in [-0.4, -0.2) is 23.8 Å². The van der Waals surface area contributed by atoms with Crippen molar-refractivity contribution in [1.82, 2.24) is 4.90 Å². The van der Waals surface area contributed by atoms with E-state index in [9.17, 15) is 9.59 Å². The van der Waals surface area contributed by atoms with Gasteiger partial charge in [-0.25, -0.2) is 0 Å². The molecule has 1 aromatic heterocycles. The second-order valence-electron chi connectivity index (χ2n) is 7.08. The maximum atomic E-state index is 12.4. The molecule has 128 valence electrons. The van der Waals surface area contributed by atoms with Crippen molar-refractivity contribution in [1.29, 1.82) is 0 Å². The van der Waals surface area contributed by atoms with Crippen LogP contribution in [0, 0.1) is 5.41 Å². The molecule has 0 saturated carbocycles. The largest absolute Gasteiger partial charge is 0.337 e. The van der Waals surface area contributed by atoms with Crippen molar-refractivity contribution in [3.05, 3.63) is 52.2 Å². The van der Waals surface area contributed by atoms with Gasteiger partial charge in [-0.3, -0.25) is 9.59 Å². The van der Waals surface area contributed by atoms with Gasteiger partial charge in [0.05, 0.1) is 4.88 Å². The van der Waals surface area contributed by atoms with E-state index in [0.29, 0.717) is 17.8 Å². The lowest BCUT2D eigenvalue weighted by Crippen LogP contribution is -2.26. The van der Waals surface area contributed by atoms with Gasteiger partial charge < -0.3 is 10.2 Å². The quantitative estimate of drug-likeness (QED) is 0.874. The van der Waals surface area contributed by atoms with Gasteiger partial charge in [-0.2, -0.15) is 0 Å². The number of thiophene rings is 1. The molecular formula is C19H24N2O2S. The van der Waals surface area contributed by atoms with E-state index in [1.165, 1.54) is 11.3 Å². The van der Waals surface area contributed by atoms with Crippen molar-refractivity contribution in [3.63, 3.8) is 0 Å². The summed E-state index contributed by atoms with van der Waals surface area (Å²) in [6, 6.07) is 11.3. The first-order chi connectivity index (χ1) is 11.3. The van der Waals surface area contributed by atoms with E-state index in [1.807, 2.05) is 62.5 Å². The summed E-state index contributed by atoms with van der Waals surface area (Å²) >= 11 is 1.43. The van der Waals surface area contributed by atoms with Crippen molar-refractivity contribution < 1.29 is 9.59 Å². The normalized spacial score (nSPS) is 11.2. The van der Waals surface area contributed by atoms with Crippen molar-refractivity contribution in [2.24, 2.45) is 5.41 Å². The number of para-hydroxylation sites is 1. The summed E-state index contributed by atoms with van der Waals surface area (Å²) in [7, 11) is 1.77. The number of carbonyl (C=O) groups excluding carboxylic acids is 2. The lowest BCUT2D eigenvalue weighted by Gasteiger charge is -2.21. The minimum absolute atomic E-state index is 0.0119. The number of carbonyl (C=O) groups is 2. The molecule has 1 heterocycles. The smallest absolute Gasteiger partial charge is 0.263 e. The van der Waals surface area contributed by atoms with Crippen molar-refractivity contribution in [2.75, 3.05) is 12.4 Å². The summed E-state index contributed by atoms with van der Waals surface area (Å²) in [5.74, 6) is -0.0250. The third-order valence-electron chi connectivity index (χ3n) is 3.47. The Kier molecular flexibility index (Phi) is 5.78. The molecule has 0 unspecified atom stereocenters. The van der Waals surface area contributed by atoms with Crippen LogP contribution in [0.3, 0.4) is 0 Å². The van der Waals surface area contributed by atoms with Gasteiger partial charge in [0.25, 0.3) is 5.91 Å². The number of benzene rings is 1. The molecule has 2 aromatic rings. The number of amides is 2. The van der Waals surface area contributed by atoms with Gasteiger partial charge >= 0.3 is 0 Å². The molecule has 24 heavy (non-hydrogen) atoms. The molecule has 0 aliphatic rings. The Morgan fingerprint density at radius 1 is 1.12 bits per heavy atom. The zero-order chi connectivity index (χ0) is 17.7. The van der Waals surface area contributed by atoms with Crippen LogP contribution in [-0.2, 0) is 11.3 Å². The molecule has 2 rings (SSSR count). The summed E-state index contributed by atoms with van der Waals surface area (Å²) in [4.78, 5) is 27.0. The van der Waals surface area contributed by atoms with Crippen LogP contribution in [0.15, 0.2) is 41.8 Å². The van der Waals surface area contributed by atoms with E-state index >= 15 is 0 Å². The van der Waals surface area contributed by atoms with Gasteiger partial charge in [0.1, 0.15) is 0 Å². The fourth-order valence-electron chi connectivity index (χ4n) is 2.37.